The van der Waals surface area contributed by atoms with Gasteiger partial charge in [0, 0.05) is 23.7 Å². The van der Waals surface area contributed by atoms with E-state index in [9.17, 15) is 28.1 Å². The van der Waals surface area contributed by atoms with Crippen LogP contribution in [0.3, 0.4) is 0 Å². The van der Waals surface area contributed by atoms with Crippen LogP contribution >= 0.6 is 0 Å². The van der Waals surface area contributed by atoms with Gasteiger partial charge in [0.05, 0.1) is 22.0 Å². The number of benzene rings is 1. The van der Waals surface area contributed by atoms with Gasteiger partial charge in [-0.15, -0.1) is 0 Å². The predicted octanol–water partition coefficient (Wildman–Crippen LogP) is 2.41. The fourth-order valence-corrected chi connectivity index (χ4v) is 6.09. The van der Waals surface area contributed by atoms with E-state index in [-0.39, 0.29) is 34.4 Å². The Hall–Kier alpha value is -2.49. The van der Waals surface area contributed by atoms with Gasteiger partial charge >= 0.3 is 5.97 Å². The highest BCUT2D eigenvalue weighted by Gasteiger charge is 2.38. The SMILES string of the molecule is Cc1c(C(=O)OCC(=O)N(C2CCCCC2)[C@H]2CCS(=O)(=O)C2)cccc1[N+](=O)[O-]. The van der Waals surface area contributed by atoms with Crippen molar-refractivity contribution >= 4 is 27.4 Å². The van der Waals surface area contributed by atoms with Crippen molar-refractivity contribution in [2.24, 2.45) is 0 Å². The summed E-state index contributed by atoms with van der Waals surface area (Å²) < 4.78 is 29.1. The van der Waals surface area contributed by atoms with Gasteiger partial charge in [0.15, 0.2) is 16.4 Å². The quantitative estimate of drug-likeness (QED) is 0.379. The molecule has 1 heterocycles. The molecule has 1 aromatic rings. The summed E-state index contributed by atoms with van der Waals surface area (Å²) in [5, 5.41) is 11.1. The lowest BCUT2D eigenvalue weighted by atomic mass is 9.93. The Balaban J connectivity index is 1.72. The summed E-state index contributed by atoms with van der Waals surface area (Å²) in [6, 6.07) is 3.65. The largest absolute Gasteiger partial charge is 0.452 e. The van der Waals surface area contributed by atoms with Gasteiger partial charge in [-0.25, -0.2) is 13.2 Å². The van der Waals surface area contributed by atoms with E-state index in [1.165, 1.54) is 25.1 Å². The molecule has 0 unspecified atom stereocenters. The molecule has 0 spiro atoms. The second kappa shape index (κ2) is 9.11. The smallest absolute Gasteiger partial charge is 0.339 e. The van der Waals surface area contributed by atoms with E-state index in [0.717, 1.165) is 32.1 Å². The number of hydrogen-bond acceptors (Lipinski definition) is 7. The van der Waals surface area contributed by atoms with Gasteiger partial charge in [0.1, 0.15) is 0 Å². The highest BCUT2D eigenvalue weighted by Crippen LogP contribution is 2.28. The molecule has 1 saturated carbocycles. The standard InChI is InChI=1S/C20H26N2O7S/c1-14-17(8-5-9-18(14)22(25)26)20(24)29-12-19(23)21(15-6-3-2-4-7-15)16-10-11-30(27,28)13-16/h5,8-9,15-16H,2-4,6-7,10-13H2,1H3/t16-/m0/s1. The Kier molecular flexibility index (Phi) is 6.74. The van der Waals surface area contributed by atoms with Crippen LogP contribution in [0.2, 0.25) is 0 Å². The molecule has 1 aliphatic heterocycles. The molecule has 0 N–H and O–H groups in total. The van der Waals surface area contributed by atoms with E-state index < -0.39 is 39.3 Å². The number of esters is 1. The van der Waals surface area contributed by atoms with E-state index in [1.54, 1.807) is 4.90 Å². The predicted molar refractivity (Wildman–Crippen MR) is 109 cm³/mol. The van der Waals surface area contributed by atoms with Crippen LogP contribution in [-0.2, 0) is 19.4 Å². The molecule has 0 bridgehead atoms. The molecule has 1 aromatic carbocycles. The number of amides is 1. The van der Waals surface area contributed by atoms with Gasteiger partial charge in [-0.1, -0.05) is 25.3 Å². The van der Waals surface area contributed by atoms with Crippen molar-refractivity contribution < 1.29 is 27.7 Å². The Morgan fingerprint density at radius 2 is 1.87 bits per heavy atom. The second-order valence-electron chi connectivity index (χ2n) is 7.93. The van der Waals surface area contributed by atoms with E-state index in [4.69, 9.17) is 4.74 Å². The first-order chi connectivity index (χ1) is 14.2. The van der Waals surface area contributed by atoms with Crippen LogP contribution in [0.15, 0.2) is 18.2 Å². The summed E-state index contributed by atoms with van der Waals surface area (Å²) >= 11 is 0. The zero-order valence-corrected chi connectivity index (χ0v) is 17.7. The van der Waals surface area contributed by atoms with E-state index in [2.05, 4.69) is 0 Å². The number of hydrogen-bond donors (Lipinski definition) is 0. The molecule has 164 valence electrons. The molecule has 1 aliphatic carbocycles. The first kappa shape index (κ1) is 22.2. The molecule has 9 nitrogen and oxygen atoms in total. The molecule has 30 heavy (non-hydrogen) atoms. The Bertz CT molecular complexity index is 938. The molecule has 1 saturated heterocycles. The van der Waals surface area contributed by atoms with Gasteiger partial charge in [0.2, 0.25) is 0 Å². The minimum atomic E-state index is -3.17. The van der Waals surface area contributed by atoms with Gasteiger partial charge < -0.3 is 9.64 Å². The monoisotopic (exact) mass is 438 g/mol. The minimum absolute atomic E-state index is 0.0321. The van der Waals surface area contributed by atoms with Gasteiger partial charge in [0.25, 0.3) is 11.6 Å². The van der Waals surface area contributed by atoms with Crippen LogP contribution in [0.5, 0.6) is 0 Å². The van der Waals surface area contributed by atoms with E-state index in [0.29, 0.717) is 6.42 Å². The van der Waals surface area contributed by atoms with E-state index >= 15 is 0 Å². The van der Waals surface area contributed by atoms with Crippen molar-refractivity contribution in [2.75, 3.05) is 18.1 Å². The summed E-state index contributed by atoms with van der Waals surface area (Å²) in [7, 11) is -3.17. The Labute approximate surface area is 175 Å². The number of sulfone groups is 1. The average molecular weight is 439 g/mol. The molecule has 2 aliphatic rings. The maximum atomic E-state index is 13.0. The lowest BCUT2D eigenvalue weighted by Gasteiger charge is -2.38. The zero-order valence-electron chi connectivity index (χ0n) is 16.9. The van der Waals surface area contributed by atoms with Crippen molar-refractivity contribution in [3.05, 3.63) is 39.4 Å². The topological polar surface area (TPSA) is 124 Å². The lowest BCUT2D eigenvalue weighted by molar-refractivity contribution is -0.385. The van der Waals surface area contributed by atoms with Crippen LogP contribution in [0, 0.1) is 17.0 Å². The summed E-state index contributed by atoms with van der Waals surface area (Å²) in [6.07, 6.45) is 5.03. The normalized spacial score (nSPS) is 21.2. The third kappa shape index (κ3) is 4.97. The fourth-order valence-electron chi connectivity index (χ4n) is 4.38. The van der Waals surface area contributed by atoms with Gasteiger partial charge in [-0.2, -0.15) is 0 Å². The molecular formula is C20H26N2O7S. The molecule has 2 fully saturated rings. The number of nitrogens with zero attached hydrogens (tertiary/aromatic N) is 2. The van der Waals surface area contributed by atoms with Gasteiger partial charge in [-0.3, -0.25) is 14.9 Å². The minimum Gasteiger partial charge on any atom is -0.452 e. The molecule has 0 aromatic heterocycles. The van der Waals surface area contributed by atoms with Crippen LogP contribution in [-0.4, -0.2) is 60.3 Å². The molecule has 3 rings (SSSR count). The van der Waals surface area contributed by atoms with Crippen LogP contribution in [0.1, 0.15) is 54.4 Å². The zero-order chi connectivity index (χ0) is 21.9. The average Bonchev–Trinajstić information content (AvgIpc) is 3.06. The number of nitro groups is 1. The molecule has 1 atom stereocenters. The molecule has 0 radical (unpaired) electrons. The van der Waals surface area contributed by atoms with Crippen molar-refractivity contribution in [1.82, 2.24) is 4.90 Å². The van der Waals surface area contributed by atoms with Crippen LogP contribution in [0.4, 0.5) is 5.69 Å². The maximum Gasteiger partial charge on any atom is 0.339 e. The highest BCUT2D eigenvalue weighted by molar-refractivity contribution is 7.91. The maximum absolute atomic E-state index is 13.0. The summed E-state index contributed by atoms with van der Waals surface area (Å²) in [5.74, 6) is -1.24. The lowest BCUT2D eigenvalue weighted by Crippen LogP contribution is -2.50. The van der Waals surface area contributed by atoms with Crippen molar-refractivity contribution in [2.45, 2.75) is 57.5 Å². The summed E-state index contributed by atoms with van der Waals surface area (Å²) in [4.78, 5) is 37.6. The first-order valence-corrected chi connectivity index (χ1v) is 11.9. The summed E-state index contributed by atoms with van der Waals surface area (Å²) in [6.45, 7) is 0.933. The first-order valence-electron chi connectivity index (χ1n) is 10.1. The number of carbonyl (C=O) groups is 2. The fraction of sp³-hybridized carbons (Fsp3) is 0.600. The number of rotatable bonds is 6. The number of ether oxygens (including phenoxy) is 1. The molecular weight excluding hydrogens is 412 g/mol. The number of carbonyl (C=O) groups excluding carboxylic acids is 2. The summed E-state index contributed by atoms with van der Waals surface area (Å²) in [5.41, 5.74) is 0.00593. The molecule has 1 amide bonds. The van der Waals surface area contributed by atoms with Crippen molar-refractivity contribution in [3.63, 3.8) is 0 Å². The Morgan fingerprint density at radius 1 is 1.17 bits per heavy atom. The third-order valence-electron chi connectivity index (χ3n) is 5.91. The highest BCUT2D eigenvalue weighted by atomic mass is 32.2. The number of nitro benzene ring substituents is 1. The molecule has 10 heteroatoms. The van der Waals surface area contributed by atoms with Crippen molar-refractivity contribution in [1.29, 1.82) is 0 Å². The van der Waals surface area contributed by atoms with Crippen LogP contribution in [0.25, 0.3) is 0 Å². The third-order valence-corrected chi connectivity index (χ3v) is 7.66. The van der Waals surface area contributed by atoms with Crippen molar-refractivity contribution in [3.8, 4) is 0 Å². The Morgan fingerprint density at radius 3 is 2.47 bits per heavy atom. The van der Waals surface area contributed by atoms with E-state index in [1.807, 2.05) is 0 Å². The van der Waals surface area contributed by atoms with Crippen LogP contribution < -0.4 is 0 Å². The second-order valence-corrected chi connectivity index (χ2v) is 10.2. The van der Waals surface area contributed by atoms with Gasteiger partial charge in [-0.05, 0) is 32.3 Å².